The van der Waals surface area contributed by atoms with E-state index in [1.807, 2.05) is 13.0 Å². The van der Waals surface area contributed by atoms with Crippen molar-refractivity contribution in [3.63, 3.8) is 0 Å². The second-order valence-corrected chi connectivity index (χ2v) is 6.77. The molecule has 0 bridgehead atoms. The Morgan fingerprint density at radius 3 is 2.74 bits per heavy atom. The summed E-state index contributed by atoms with van der Waals surface area (Å²) in [6.07, 6.45) is 1.27. The van der Waals surface area contributed by atoms with Crippen molar-refractivity contribution < 1.29 is 23.5 Å². The summed E-state index contributed by atoms with van der Waals surface area (Å²) in [5, 5.41) is 3.58. The highest BCUT2D eigenvalue weighted by Gasteiger charge is 2.27. The van der Waals surface area contributed by atoms with Gasteiger partial charge in [0.2, 0.25) is 0 Å². The zero-order chi connectivity index (χ0) is 19.6. The molecule has 1 atom stereocenters. The number of carbonyl (C=O) groups is 2. The highest BCUT2D eigenvalue weighted by atomic mass is 16.5. The monoisotopic (exact) mass is 373 g/mol. The zero-order valence-electron chi connectivity index (χ0n) is 15.7. The minimum atomic E-state index is -0.848. The van der Waals surface area contributed by atoms with Crippen LogP contribution in [0.4, 0.5) is 0 Å². The number of hydrogen-bond acceptors (Lipinski definition) is 6. The molecule has 7 nitrogen and oxygen atoms in total. The summed E-state index contributed by atoms with van der Waals surface area (Å²) in [6, 6.07) is 5.47. The summed E-state index contributed by atoms with van der Waals surface area (Å²) in [5.41, 5.74) is 1.14. The third kappa shape index (κ3) is 4.48. The van der Waals surface area contributed by atoms with E-state index >= 15 is 0 Å². The van der Waals surface area contributed by atoms with Gasteiger partial charge in [0.1, 0.15) is 11.3 Å². The molecule has 1 N–H and O–H groups in total. The summed E-state index contributed by atoms with van der Waals surface area (Å²) >= 11 is 0. The topological polar surface area (TPSA) is 94.8 Å². The van der Waals surface area contributed by atoms with Gasteiger partial charge in [-0.15, -0.1) is 0 Å². The second kappa shape index (κ2) is 7.82. The number of carbonyl (C=O) groups excluding carboxylic acids is 2. The van der Waals surface area contributed by atoms with Crippen LogP contribution in [-0.2, 0) is 20.7 Å². The van der Waals surface area contributed by atoms with Crippen LogP contribution in [0.15, 0.2) is 27.4 Å². The molecule has 3 rings (SSSR count). The first-order valence-corrected chi connectivity index (χ1v) is 8.99. The van der Waals surface area contributed by atoms with E-state index in [0.717, 1.165) is 23.8 Å². The molecule has 0 aliphatic heterocycles. The van der Waals surface area contributed by atoms with Gasteiger partial charge in [0, 0.05) is 29.5 Å². The van der Waals surface area contributed by atoms with Crippen molar-refractivity contribution in [1.29, 1.82) is 0 Å². The van der Waals surface area contributed by atoms with Gasteiger partial charge in [-0.1, -0.05) is 0 Å². The number of aryl methyl sites for hydroxylation is 1. The van der Waals surface area contributed by atoms with Gasteiger partial charge in [0.15, 0.2) is 6.10 Å². The van der Waals surface area contributed by atoms with E-state index < -0.39 is 17.7 Å². The third-order valence-electron chi connectivity index (χ3n) is 4.67. The van der Waals surface area contributed by atoms with E-state index in [1.165, 1.54) is 7.11 Å². The average molecular weight is 373 g/mol. The van der Waals surface area contributed by atoms with Gasteiger partial charge in [-0.25, -0.2) is 4.79 Å². The number of methoxy groups -OCH3 is 1. The van der Waals surface area contributed by atoms with Gasteiger partial charge in [0.05, 0.1) is 7.11 Å². The number of hydrogen-bond donors (Lipinski definition) is 1. The highest BCUT2D eigenvalue weighted by Crippen LogP contribution is 2.24. The molecule has 1 unspecified atom stereocenters. The van der Waals surface area contributed by atoms with Crippen LogP contribution in [0.2, 0.25) is 0 Å². The first-order chi connectivity index (χ1) is 12.9. The van der Waals surface area contributed by atoms with Gasteiger partial charge >= 0.3 is 11.6 Å². The van der Waals surface area contributed by atoms with Crippen molar-refractivity contribution in [3.05, 3.63) is 39.7 Å². The van der Waals surface area contributed by atoms with E-state index in [9.17, 15) is 14.4 Å². The number of nitrogens with one attached hydrogen (secondary N) is 1. The molecule has 0 saturated heterocycles. The normalized spacial score (nSPS) is 14.6. The lowest BCUT2D eigenvalue weighted by Crippen LogP contribution is -2.37. The molecule has 1 aromatic carbocycles. The van der Waals surface area contributed by atoms with Crippen LogP contribution in [0, 0.1) is 6.92 Å². The van der Waals surface area contributed by atoms with Crippen LogP contribution in [0.1, 0.15) is 37.3 Å². The van der Waals surface area contributed by atoms with E-state index in [4.69, 9.17) is 13.9 Å². The Hall–Kier alpha value is -2.83. The average Bonchev–Trinajstić information content (AvgIpc) is 3.44. The van der Waals surface area contributed by atoms with Crippen molar-refractivity contribution in [3.8, 4) is 5.75 Å². The Kier molecular flexibility index (Phi) is 5.48. The molecule has 1 saturated carbocycles. The summed E-state index contributed by atoms with van der Waals surface area (Å²) < 4.78 is 15.7. The van der Waals surface area contributed by atoms with Gasteiger partial charge in [0.25, 0.3) is 5.91 Å². The van der Waals surface area contributed by atoms with Crippen LogP contribution in [0.3, 0.4) is 0 Å². The first kappa shape index (κ1) is 18.9. The number of fused-ring (bicyclic) bond motifs is 1. The standard InChI is InChI=1S/C20H23NO6/c1-11-15-7-6-14(25-3)10-17(15)27-20(24)16(11)8-9-18(22)26-12(2)19(23)21-13-4-5-13/h6-7,10,12-13H,4-5,8-9H2,1-3H3,(H,21,23). The Labute approximate surface area is 156 Å². The molecule has 1 aliphatic carbocycles. The van der Waals surface area contributed by atoms with Crippen LogP contribution in [-0.4, -0.2) is 31.1 Å². The summed E-state index contributed by atoms with van der Waals surface area (Å²) in [5.74, 6) is -0.219. The fraction of sp³-hybridized carbons (Fsp3) is 0.450. The summed E-state index contributed by atoms with van der Waals surface area (Å²) in [7, 11) is 1.54. The minimum Gasteiger partial charge on any atom is -0.497 e. The molecule has 1 aromatic heterocycles. The predicted molar refractivity (Wildman–Crippen MR) is 98.8 cm³/mol. The van der Waals surface area contributed by atoms with Crippen molar-refractivity contribution in [1.82, 2.24) is 5.32 Å². The van der Waals surface area contributed by atoms with E-state index in [1.54, 1.807) is 19.1 Å². The lowest BCUT2D eigenvalue weighted by molar-refractivity contribution is -0.154. The predicted octanol–water partition coefficient (Wildman–Crippen LogP) is 2.25. The third-order valence-corrected chi connectivity index (χ3v) is 4.67. The molecule has 27 heavy (non-hydrogen) atoms. The van der Waals surface area contributed by atoms with E-state index in [0.29, 0.717) is 16.9 Å². The van der Waals surface area contributed by atoms with Crippen LogP contribution in [0.5, 0.6) is 5.75 Å². The van der Waals surface area contributed by atoms with E-state index in [2.05, 4.69) is 5.32 Å². The number of amides is 1. The Balaban J connectivity index is 1.66. The van der Waals surface area contributed by atoms with Crippen molar-refractivity contribution in [2.24, 2.45) is 0 Å². The fourth-order valence-corrected chi connectivity index (χ4v) is 2.87. The van der Waals surface area contributed by atoms with Crippen molar-refractivity contribution >= 4 is 22.8 Å². The van der Waals surface area contributed by atoms with Crippen LogP contribution >= 0.6 is 0 Å². The Bertz CT molecular complexity index is 928. The molecule has 1 aliphatic rings. The molecule has 1 amide bonds. The molecule has 2 aromatic rings. The maximum Gasteiger partial charge on any atom is 0.339 e. The number of ether oxygens (including phenoxy) is 2. The van der Waals surface area contributed by atoms with Crippen LogP contribution in [0.25, 0.3) is 11.0 Å². The van der Waals surface area contributed by atoms with E-state index in [-0.39, 0.29) is 24.8 Å². The molecule has 7 heteroatoms. The van der Waals surface area contributed by atoms with Gasteiger partial charge in [-0.05, 0) is 50.8 Å². The number of benzene rings is 1. The summed E-state index contributed by atoms with van der Waals surface area (Å²) in [6.45, 7) is 3.36. The maximum atomic E-state index is 12.3. The minimum absolute atomic E-state index is 0.00564. The molecule has 1 heterocycles. The van der Waals surface area contributed by atoms with Gasteiger partial charge < -0.3 is 19.2 Å². The fourth-order valence-electron chi connectivity index (χ4n) is 2.87. The number of rotatable bonds is 7. The lowest BCUT2D eigenvalue weighted by Gasteiger charge is -2.13. The smallest absolute Gasteiger partial charge is 0.339 e. The summed E-state index contributed by atoms with van der Waals surface area (Å²) in [4.78, 5) is 36.2. The van der Waals surface area contributed by atoms with Crippen molar-refractivity contribution in [2.75, 3.05) is 7.11 Å². The van der Waals surface area contributed by atoms with Gasteiger partial charge in [-0.2, -0.15) is 0 Å². The highest BCUT2D eigenvalue weighted by molar-refractivity contribution is 5.84. The molecule has 144 valence electrons. The zero-order valence-corrected chi connectivity index (χ0v) is 15.7. The first-order valence-electron chi connectivity index (χ1n) is 8.99. The molecular formula is C20H23NO6. The van der Waals surface area contributed by atoms with Gasteiger partial charge in [-0.3, -0.25) is 9.59 Å². The largest absolute Gasteiger partial charge is 0.497 e. The number of esters is 1. The van der Waals surface area contributed by atoms with Crippen LogP contribution < -0.4 is 15.7 Å². The molecule has 0 radical (unpaired) electrons. The second-order valence-electron chi connectivity index (χ2n) is 6.77. The Morgan fingerprint density at radius 1 is 1.33 bits per heavy atom. The lowest BCUT2D eigenvalue weighted by atomic mass is 10.0. The Morgan fingerprint density at radius 2 is 2.07 bits per heavy atom. The molecular weight excluding hydrogens is 350 g/mol. The molecule has 1 fully saturated rings. The quantitative estimate of drug-likeness (QED) is 0.591. The maximum absolute atomic E-state index is 12.3. The van der Waals surface area contributed by atoms with Crippen molar-refractivity contribution in [2.45, 2.75) is 51.7 Å². The SMILES string of the molecule is COc1ccc2c(C)c(CCC(=O)OC(C)C(=O)NC3CC3)c(=O)oc2c1. The molecule has 0 spiro atoms.